The Morgan fingerprint density at radius 3 is 2.45 bits per heavy atom. The van der Waals surface area contributed by atoms with Gasteiger partial charge in [-0.15, -0.1) is 0 Å². The Morgan fingerprint density at radius 2 is 1.80 bits per heavy atom. The largest absolute Gasteiger partial charge is 0.493 e. The minimum atomic E-state index is 0.691. The lowest BCUT2D eigenvalue weighted by atomic mass is 10.1. The maximum atomic E-state index is 6.08. The molecule has 0 bridgehead atoms. The molecule has 1 heterocycles. The Labute approximate surface area is 121 Å². The third-order valence-corrected chi connectivity index (χ3v) is 3.78. The lowest BCUT2D eigenvalue weighted by Gasteiger charge is -2.27. The first-order valence-electron chi connectivity index (χ1n) is 7.18. The summed E-state index contributed by atoms with van der Waals surface area (Å²) in [7, 11) is 3.28. The monoisotopic (exact) mass is 279 g/mol. The van der Waals surface area contributed by atoms with Crippen molar-refractivity contribution in [2.24, 2.45) is 0 Å². The minimum absolute atomic E-state index is 0.691. The second-order valence-corrected chi connectivity index (χ2v) is 5.10. The third kappa shape index (κ3) is 3.77. The van der Waals surface area contributed by atoms with E-state index >= 15 is 0 Å². The molecule has 112 valence electrons. The van der Waals surface area contributed by atoms with Gasteiger partial charge in [0.2, 0.25) is 0 Å². The van der Waals surface area contributed by atoms with Crippen molar-refractivity contribution < 1.29 is 9.47 Å². The topological polar surface area (TPSA) is 59.8 Å². The number of nitrogens with one attached hydrogen (secondary N) is 1. The zero-order valence-corrected chi connectivity index (χ0v) is 12.4. The summed E-state index contributed by atoms with van der Waals surface area (Å²) in [5.74, 6) is 1.44. The first-order chi connectivity index (χ1) is 9.74. The van der Waals surface area contributed by atoms with Crippen LogP contribution in [0.1, 0.15) is 12.0 Å². The van der Waals surface area contributed by atoms with Crippen molar-refractivity contribution in [2.45, 2.75) is 12.8 Å². The Kier molecular flexibility index (Phi) is 5.49. The highest BCUT2D eigenvalue weighted by Gasteiger charge is 2.11. The molecule has 1 aliphatic heterocycles. The smallest absolute Gasteiger partial charge is 0.162 e. The van der Waals surface area contributed by atoms with Crippen LogP contribution in [0.15, 0.2) is 12.1 Å². The van der Waals surface area contributed by atoms with Crippen LogP contribution in [-0.2, 0) is 6.42 Å². The van der Waals surface area contributed by atoms with Crippen molar-refractivity contribution in [3.63, 3.8) is 0 Å². The van der Waals surface area contributed by atoms with Crippen LogP contribution < -0.4 is 20.5 Å². The van der Waals surface area contributed by atoms with Gasteiger partial charge in [-0.2, -0.15) is 0 Å². The zero-order chi connectivity index (χ0) is 14.4. The quantitative estimate of drug-likeness (QED) is 0.764. The fourth-order valence-electron chi connectivity index (χ4n) is 2.58. The number of piperazine rings is 1. The molecule has 0 amide bonds. The van der Waals surface area contributed by atoms with Crippen LogP contribution in [-0.4, -0.2) is 51.8 Å². The lowest BCUT2D eigenvalue weighted by molar-refractivity contribution is 0.238. The van der Waals surface area contributed by atoms with E-state index < -0.39 is 0 Å². The van der Waals surface area contributed by atoms with Crippen molar-refractivity contribution in [1.82, 2.24) is 10.2 Å². The van der Waals surface area contributed by atoms with Gasteiger partial charge in [0.15, 0.2) is 11.5 Å². The normalized spacial score (nSPS) is 16.1. The average Bonchev–Trinajstić information content (AvgIpc) is 2.49. The van der Waals surface area contributed by atoms with Gasteiger partial charge in [0.25, 0.3) is 0 Å². The van der Waals surface area contributed by atoms with Gasteiger partial charge in [-0.3, -0.25) is 0 Å². The molecule has 3 N–H and O–H groups in total. The van der Waals surface area contributed by atoms with E-state index in [1.807, 2.05) is 12.1 Å². The van der Waals surface area contributed by atoms with Gasteiger partial charge in [-0.05, 0) is 31.0 Å². The SMILES string of the molecule is COc1cc(N)c(CCCN2CCNCC2)cc1OC. The van der Waals surface area contributed by atoms with Gasteiger partial charge in [0, 0.05) is 37.9 Å². The highest BCUT2D eigenvalue weighted by molar-refractivity contribution is 5.58. The molecule has 2 rings (SSSR count). The fourth-order valence-corrected chi connectivity index (χ4v) is 2.58. The number of anilines is 1. The first kappa shape index (κ1) is 14.9. The summed E-state index contributed by atoms with van der Waals surface area (Å²) in [6.07, 6.45) is 2.08. The molecule has 20 heavy (non-hydrogen) atoms. The molecule has 0 spiro atoms. The van der Waals surface area contributed by atoms with Gasteiger partial charge >= 0.3 is 0 Å². The van der Waals surface area contributed by atoms with Crippen LogP contribution in [0.4, 0.5) is 5.69 Å². The van der Waals surface area contributed by atoms with Crippen molar-refractivity contribution in [3.8, 4) is 11.5 Å². The molecule has 5 heteroatoms. The number of nitrogens with zero attached hydrogens (tertiary/aromatic N) is 1. The Bertz CT molecular complexity index is 431. The van der Waals surface area contributed by atoms with Gasteiger partial charge in [-0.25, -0.2) is 0 Å². The molecule has 0 radical (unpaired) electrons. The minimum Gasteiger partial charge on any atom is -0.493 e. The third-order valence-electron chi connectivity index (χ3n) is 3.78. The summed E-state index contributed by atoms with van der Waals surface area (Å²) in [6.45, 7) is 5.59. The van der Waals surface area contributed by atoms with Crippen LogP contribution in [0.5, 0.6) is 11.5 Å². The number of nitrogen functional groups attached to an aromatic ring is 1. The van der Waals surface area contributed by atoms with E-state index in [9.17, 15) is 0 Å². The number of nitrogens with two attached hydrogens (primary N) is 1. The second-order valence-electron chi connectivity index (χ2n) is 5.10. The van der Waals surface area contributed by atoms with Crippen molar-refractivity contribution in [2.75, 3.05) is 52.7 Å². The summed E-state index contributed by atoms with van der Waals surface area (Å²) in [6, 6.07) is 3.84. The molecular weight excluding hydrogens is 254 g/mol. The number of rotatable bonds is 6. The molecule has 1 aromatic rings. The van der Waals surface area contributed by atoms with Crippen molar-refractivity contribution in [3.05, 3.63) is 17.7 Å². The molecule has 0 unspecified atom stereocenters. The van der Waals surface area contributed by atoms with Gasteiger partial charge < -0.3 is 25.4 Å². The van der Waals surface area contributed by atoms with Crippen molar-refractivity contribution >= 4 is 5.69 Å². The maximum Gasteiger partial charge on any atom is 0.162 e. The summed E-state index contributed by atoms with van der Waals surface area (Å²) in [5.41, 5.74) is 8.00. The van der Waals surface area contributed by atoms with Gasteiger partial charge in [0.1, 0.15) is 0 Å². The highest BCUT2D eigenvalue weighted by atomic mass is 16.5. The number of hydrogen-bond acceptors (Lipinski definition) is 5. The first-order valence-corrected chi connectivity index (χ1v) is 7.18. The van der Waals surface area contributed by atoms with Crippen LogP contribution >= 0.6 is 0 Å². The summed E-state index contributed by atoms with van der Waals surface area (Å²) in [4.78, 5) is 2.49. The Morgan fingerprint density at radius 1 is 1.15 bits per heavy atom. The number of methoxy groups -OCH3 is 2. The molecule has 0 atom stereocenters. The average molecular weight is 279 g/mol. The van der Waals surface area contributed by atoms with Crippen LogP contribution in [0.3, 0.4) is 0 Å². The van der Waals surface area contributed by atoms with E-state index in [2.05, 4.69) is 10.2 Å². The van der Waals surface area contributed by atoms with Crippen LogP contribution in [0.25, 0.3) is 0 Å². The highest BCUT2D eigenvalue weighted by Crippen LogP contribution is 2.32. The van der Waals surface area contributed by atoms with Gasteiger partial charge in [0.05, 0.1) is 14.2 Å². The predicted octanol–water partition coefficient (Wildman–Crippen LogP) is 1.12. The molecule has 1 fully saturated rings. The standard InChI is InChI=1S/C15H25N3O2/c1-19-14-10-12(13(16)11-15(14)20-2)4-3-7-18-8-5-17-6-9-18/h10-11,17H,3-9,16H2,1-2H3. The Hall–Kier alpha value is -1.46. The molecule has 0 aromatic heterocycles. The molecule has 0 saturated carbocycles. The summed E-state index contributed by atoms with van der Waals surface area (Å²) in [5, 5.41) is 3.37. The van der Waals surface area contributed by atoms with E-state index in [1.54, 1.807) is 14.2 Å². The van der Waals surface area contributed by atoms with Crippen LogP contribution in [0, 0.1) is 0 Å². The maximum absolute atomic E-state index is 6.08. The summed E-state index contributed by atoms with van der Waals surface area (Å²) < 4.78 is 10.6. The van der Waals surface area contributed by atoms with E-state index in [0.717, 1.165) is 62.6 Å². The molecule has 1 aromatic carbocycles. The van der Waals surface area contributed by atoms with Crippen molar-refractivity contribution in [1.29, 1.82) is 0 Å². The molecular formula is C15H25N3O2. The predicted molar refractivity (Wildman–Crippen MR) is 81.6 cm³/mol. The van der Waals surface area contributed by atoms with E-state index in [4.69, 9.17) is 15.2 Å². The second kappa shape index (κ2) is 7.36. The molecule has 1 saturated heterocycles. The molecule has 1 aliphatic rings. The van der Waals surface area contributed by atoms with Crippen LogP contribution in [0.2, 0.25) is 0 Å². The number of aryl methyl sites for hydroxylation is 1. The van der Waals surface area contributed by atoms with E-state index in [-0.39, 0.29) is 0 Å². The van der Waals surface area contributed by atoms with E-state index in [1.165, 1.54) is 0 Å². The van der Waals surface area contributed by atoms with Gasteiger partial charge in [-0.1, -0.05) is 0 Å². The summed E-state index contributed by atoms with van der Waals surface area (Å²) >= 11 is 0. The van der Waals surface area contributed by atoms with E-state index in [0.29, 0.717) is 5.75 Å². The zero-order valence-electron chi connectivity index (χ0n) is 12.4. The number of benzene rings is 1. The fraction of sp³-hybridized carbons (Fsp3) is 0.600. The lowest BCUT2D eigenvalue weighted by Crippen LogP contribution is -2.43. The number of ether oxygens (including phenoxy) is 2. The molecule has 5 nitrogen and oxygen atoms in total. The Balaban J connectivity index is 1.91. The number of hydrogen-bond donors (Lipinski definition) is 2. The molecule has 0 aliphatic carbocycles.